The van der Waals surface area contributed by atoms with Crippen molar-refractivity contribution in [2.75, 3.05) is 19.8 Å². The molecule has 0 radical (unpaired) electrons. The maximum atomic E-state index is 10.9. The second-order valence-electron chi connectivity index (χ2n) is 4.77. The van der Waals surface area contributed by atoms with Gasteiger partial charge in [-0.25, -0.2) is 0 Å². The number of aliphatic hydroxyl groups is 2. The molecule has 0 heterocycles. The van der Waals surface area contributed by atoms with Crippen molar-refractivity contribution in [1.29, 1.82) is 0 Å². The van der Waals surface area contributed by atoms with E-state index in [-0.39, 0.29) is 13.2 Å². The quantitative estimate of drug-likeness (QED) is 0.325. The highest BCUT2D eigenvalue weighted by Crippen LogP contribution is 2.24. The van der Waals surface area contributed by atoms with Crippen molar-refractivity contribution in [1.82, 2.24) is 10.9 Å². The Morgan fingerprint density at radius 3 is 2.59 bits per heavy atom. The van der Waals surface area contributed by atoms with E-state index in [4.69, 9.17) is 15.1 Å². The lowest BCUT2D eigenvalue weighted by molar-refractivity contribution is -0.124. The van der Waals surface area contributed by atoms with Crippen molar-refractivity contribution < 1.29 is 25.0 Å². The van der Waals surface area contributed by atoms with E-state index in [1.807, 2.05) is 26.0 Å². The number of hydrogen-bond acceptors (Lipinski definition) is 7. The predicted octanol–water partition coefficient (Wildman–Crippen LogP) is -0.536. The highest BCUT2D eigenvalue weighted by molar-refractivity contribution is 5.80. The summed E-state index contributed by atoms with van der Waals surface area (Å²) in [5.41, 5.74) is 4.19. The normalized spacial score (nSPS) is 12.2. The molecule has 8 heteroatoms. The van der Waals surface area contributed by atoms with E-state index in [0.29, 0.717) is 5.75 Å². The third-order valence-electron chi connectivity index (χ3n) is 2.85. The summed E-state index contributed by atoms with van der Waals surface area (Å²) in [7, 11) is 0. The molecular weight excluding hydrogens is 290 g/mol. The van der Waals surface area contributed by atoms with Crippen LogP contribution < -0.4 is 15.6 Å². The number of aliphatic hydroxyl groups excluding tert-OH is 2. The summed E-state index contributed by atoms with van der Waals surface area (Å²) in [6, 6.07) is 3.65. The Hall–Kier alpha value is -2.16. The summed E-state index contributed by atoms with van der Waals surface area (Å²) in [4.78, 5) is 10.9. The number of carbonyl (C=O) groups excluding carboxylic acids is 1. The summed E-state index contributed by atoms with van der Waals surface area (Å²) in [6.07, 6.45) is 0.581. The van der Waals surface area contributed by atoms with E-state index in [1.165, 1.54) is 6.21 Å². The van der Waals surface area contributed by atoms with Gasteiger partial charge in [0.25, 0.3) is 0 Å². The van der Waals surface area contributed by atoms with Crippen molar-refractivity contribution in [3.63, 3.8) is 0 Å². The van der Waals surface area contributed by atoms with Crippen molar-refractivity contribution in [2.24, 2.45) is 5.10 Å². The zero-order valence-electron chi connectivity index (χ0n) is 12.5. The van der Waals surface area contributed by atoms with Gasteiger partial charge in [0.15, 0.2) is 0 Å². The van der Waals surface area contributed by atoms with Crippen LogP contribution in [0, 0.1) is 13.8 Å². The number of hydrogen-bond donors (Lipinski definition) is 5. The van der Waals surface area contributed by atoms with Gasteiger partial charge in [-0.1, -0.05) is 0 Å². The molecule has 0 saturated heterocycles. The van der Waals surface area contributed by atoms with Gasteiger partial charge >= 0.3 is 0 Å². The van der Waals surface area contributed by atoms with Gasteiger partial charge in [0.2, 0.25) is 5.91 Å². The zero-order chi connectivity index (χ0) is 16.5. The molecule has 0 aliphatic rings. The van der Waals surface area contributed by atoms with Crippen LogP contribution in [-0.4, -0.2) is 53.4 Å². The summed E-state index contributed by atoms with van der Waals surface area (Å²) in [5.74, 6) is 0.0918. The molecule has 0 aliphatic heterocycles. The molecule has 0 saturated carbocycles. The van der Waals surface area contributed by atoms with Crippen LogP contribution in [0.5, 0.6) is 5.75 Å². The lowest BCUT2D eigenvalue weighted by Gasteiger charge is -2.16. The Balaban J connectivity index is 2.62. The number of rotatable bonds is 8. The molecule has 0 aliphatic carbocycles. The Bertz CT molecular complexity index is 510. The summed E-state index contributed by atoms with van der Waals surface area (Å²) >= 11 is 0. The molecule has 0 unspecified atom stereocenters. The van der Waals surface area contributed by atoms with Gasteiger partial charge in [0.05, 0.1) is 6.21 Å². The van der Waals surface area contributed by atoms with E-state index in [1.54, 1.807) is 5.59 Å². The molecule has 122 valence electrons. The van der Waals surface area contributed by atoms with Gasteiger partial charge in [0, 0.05) is 6.54 Å². The smallest absolute Gasteiger partial charge is 0.245 e. The molecule has 1 rings (SSSR count). The zero-order valence-corrected chi connectivity index (χ0v) is 12.5. The van der Waals surface area contributed by atoms with E-state index < -0.39 is 18.6 Å². The monoisotopic (exact) mass is 311 g/mol. The molecule has 1 aromatic rings. The fourth-order valence-corrected chi connectivity index (χ4v) is 1.92. The number of hydrazone groups is 1. The van der Waals surface area contributed by atoms with E-state index in [2.05, 4.69) is 10.4 Å². The van der Waals surface area contributed by atoms with Crippen LogP contribution in [0.1, 0.15) is 16.7 Å². The fourth-order valence-electron chi connectivity index (χ4n) is 1.92. The molecule has 0 bridgehead atoms. The molecule has 5 N–H and O–H groups in total. The second kappa shape index (κ2) is 8.98. The van der Waals surface area contributed by atoms with Crippen LogP contribution in [0.3, 0.4) is 0 Å². The van der Waals surface area contributed by atoms with E-state index in [0.717, 1.165) is 16.7 Å². The summed E-state index contributed by atoms with van der Waals surface area (Å²) in [5, 5.41) is 32.6. The number of nitrogens with zero attached hydrogens (tertiary/aromatic N) is 1. The lowest BCUT2D eigenvalue weighted by atomic mass is 10.1. The number of benzene rings is 1. The SMILES string of the molecule is Cc1cc(/C=N\NO)cc(C)c1OC[C@@H](O)CNC(=O)CO. The molecule has 0 spiro atoms. The van der Waals surface area contributed by atoms with Crippen molar-refractivity contribution in [2.45, 2.75) is 20.0 Å². The number of amides is 1. The first-order valence-corrected chi connectivity index (χ1v) is 6.69. The van der Waals surface area contributed by atoms with Crippen LogP contribution in [0.25, 0.3) is 0 Å². The van der Waals surface area contributed by atoms with Crippen molar-refractivity contribution in [3.8, 4) is 5.75 Å². The van der Waals surface area contributed by atoms with E-state index >= 15 is 0 Å². The average Bonchev–Trinajstić information content (AvgIpc) is 2.49. The standard InChI is InChI=1S/C14H21N3O5/c1-9-3-11(5-16-17-21)4-10(2)14(9)22-8-12(19)6-15-13(20)7-18/h3-5,12,17-19,21H,6-8H2,1-2H3,(H,15,20)/b16-5-/t12-/m0/s1. The highest BCUT2D eigenvalue weighted by atomic mass is 16.5. The number of nitrogens with one attached hydrogen (secondary N) is 2. The van der Waals surface area contributed by atoms with Gasteiger partial charge in [0.1, 0.15) is 25.1 Å². The maximum absolute atomic E-state index is 10.9. The molecule has 1 amide bonds. The van der Waals surface area contributed by atoms with Crippen LogP contribution in [0.15, 0.2) is 17.2 Å². The minimum atomic E-state index is -0.880. The first-order chi connectivity index (χ1) is 10.5. The van der Waals surface area contributed by atoms with Gasteiger partial charge in [-0.2, -0.15) is 10.7 Å². The highest BCUT2D eigenvalue weighted by Gasteiger charge is 2.11. The second-order valence-corrected chi connectivity index (χ2v) is 4.77. The first-order valence-electron chi connectivity index (χ1n) is 6.69. The minimum Gasteiger partial charge on any atom is -0.490 e. The van der Waals surface area contributed by atoms with Gasteiger partial charge < -0.3 is 20.3 Å². The number of ether oxygens (including phenoxy) is 1. The van der Waals surface area contributed by atoms with Gasteiger partial charge in [-0.3, -0.25) is 10.0 Å². The minimum absolute atomic E-state index is 0.00436. The molecule has 8 nitrogen and oxygen atoms in total. The lowest BCUT2D eigenvalue weighted by Crippen LogP contribution is -2.36. The Morgan fingerprint density at radius 2 is 2.05 bits per heavy atom. The summed E-state index contributed by atoms with van der Waals surface area (Å²) < 4.78 is 5.58. The van der Waals surface area contributed by atoms with Crippen LogP contribution in [0.4, 0.5) is 0 Å². The summed E-state index contributed by atoms with van der Waals surface area (Å²) in [6.45, 7) is 3.11. The molecule has 1 atom stereocenters. The molecule has 22 heavy (non-hydrogen) atoms. The van der Waals surface area contributed by atoms with Crippen molar-refractivity contribution >= 4 is 12.1 Å². The molecule has 1 aromatic carbocycles. The first kappa shape index (κ1) is 17.9. The predicted molar refractivity (Wildman–Crippen MR) is 80.0 cm³/mol. The van der Waals surface area contributed by atoms with Gasteiger partial charge in [-0.05, 0) is 42.7 Å². The number of aryl methyl sites for hydroxylation is 2. The number of carbonyl (C=O) groups is 1. The molecular formula is C14H21N3O5. The fraction of sp³-hybridized carbons (Fsp3) is 0.429. The third kappa shape index (κ3) is 5.68. The Kier molecular flexibility index (Phi) is 7.30. The Morgan fingerprint density at radius 1 is 1.41 bits per heavy atom. The third-order valence-corrected chi connectivity index (χ3v) is 2.85. The average molecular weight is 311 g/mol. The maximum Gasteiger partial charge on any atom is 0.245 e. The van der Waals surface area contributed by atoms with Gasteiger partial charge in [-0.15, -0.1) is 0 Å². The van der Waals surface area contributed by atoms with E-state index in [9.17, 15) is 9.90 Å². The van der Waals surface area contributed by atoms with Crippen LogP contribution in [-0.2, 0) is 4.79 Å². The largest absolute Gasteiger partial charge is 0.490 e. The van der Waals surface area contributed by atoms with Crippen molar-refractivity contribution in [3.05, 3.63) is 28.8 Å². The molecule has 0 aromatic heterocycles. The molecule has 0 fully saturated rings. The topological polar surface area (TPSA) is 123 Å². The van der Waals surface area contributed by atoms with Crippen LogP contribution in [0.2, 0.25) is 0 Å². The Labute approximate surface area is 128 Å². The van der Waals surface area contributed by atoms with Crippen LogP contribution >= 0.6 is 0 Å².